The van der Waals surface area contributed by atoms with Gasteiger partial charge in [0.2, 0.25) is 0 Å². The Morgan fingerprint density at radius 2 is 1.71 bits per heavy atom. The molecule has 0 amide bonds. The van der Waals surface area contributed by atoms with E-state index in [-0.39, 0.29) is 0 Å². The highest BCUT2D eigenvalue weighted by atomic mass is 79.9. The second kappa shape index (κ2) is 5.41. The maximum Gasteiger partial charge on any atom is 0.124 e. The molecular formula is C18H16BrNO. The summed E-state index contributed by atoms with van der Waals surface area (Å²) < 4.78 is 0.996. The number of halogens is 1. The molecular weight excluding hydrogens is 326 g/mol. The second-order valence-electron chi connectivity index (χ2n) is 5.24. The molecule has 0 fully saturated rings. The molecule has 0 radical (unpaired) electrons. The summed E-state index contributed by atoms with van der Waals surface area (Å²) >= 11 is 3.53. The van der Waals surface area contributed by atoms with Crippen molar-refractivity contribution in [1.29, 1.82) is 0 Å². The van der Waals surface area contributed by atoms with Crippen LogP contribution in [0.15, 0.2) is 59.1 Å². The Labute approximate surface area is 132 Å². The van der Waals surface area contributed by atoms with Gasteiger partial charge in [-0.25, -0.2) is 0 Å². The number of rotatable bonds is 2. The van der Waals surface area contributed by atoms with Crippen molar-refractivity contribution in [2.45, 2.75) is 0 Å². The Kier molecular flexibility index (Phi) is 3.60. The molecule has 0 aliphatic rings. The maximum atomic E-state index is 10.4. The van der Waals surface area contributed by atoms with Crippen molar-refractivity contribution < 1.29 is 5.11 Å². The first-order chi connectivity index (χ1) is 10.1. The summed E-state index contributed by atoms with van der Waals surface area (Å²) in [6.45, 7) is 0. The minimum Gasteiger partial charge on any atom is -0.507 e. The summed E-state index contributed by atoms with van der Waals surface area (Å²) in [5.74, 6) is 0.301. The molecule has 3 aromatic rings. The molecule has 106 valence electrons. The van der Waals surface area contributed by atoms with Crippen LogP contribution in [0.1, 0.15) is 0 Å². The minimum absolute atomic E-state index is 0.301. The van der Waals surface area contributed by atoms with E-state index in [9.17, 15) is 5.11 Å². The molecule has 0 saturated heterocycles. The van der Waals surface area contributed by atoms with E-state index in [0.29, 0.717) is 5.75 Å². The Bertz CT molecular complexity index is 811. The van der Waals surface area contributed by atoms with E-state index in [0.717, 1.165) is 32.1 Å². The lowest BCUT2D eigenvalue weighted by molar-refractivity contribution is 0.478. The van der Waals surface area contributed by atoms with Crippen LogP contribution in [0.4, 0.5) is 5.69 Å². The highest BCUT2D eigenvalue weighted by Crippen LogP contribution is 2.41. The lowest BCUT2D eigenvalue weighted by atomic mass is 9.95. The summed E-state index contributed by atoms with van der Waals surface area (Å²) in [6.07, 6.45) is 0. The largest absolute Gasteiger partial charge is 0.507 e. The topological polar surface area (TPSA) is 23.5 Å². The SMILES string of the molecule is CN(C)c1ccc(Br)cc1-c1c(O)ccc2ccccc12. The normalized spacial score (nSPS) is 10.8. The predicted octanol–water partition coefficient (Wildman–Crippen LogP) is 5.04. The Balaban J connectivity index is 2.40. The van der Waals surface area contributed by atoms with Crippen molar-refractivity contribution in [2.75, 3.05) is 19.0 Å². The molecule has 0 unspecified atom stereocenters. The van der Waals surface area contributed by atoms with E-state index in [1.54, 1.807) is 6.07 Å². The fourth-order valence-corrected chi connectivity index (χ4v) is 3.00. The number of benzene rings is 3. The molecule has 0 aliphatic heterocycles. The third-order valence-electron chi connectivity index (χ3n) is 3.62. The van der Waals surface area contributed by atoms with Crippen molar-refractivity contribution in [3.63, 3.8) is 0 Å². The molecule has 1 N–H and O–H groups in total. The van der Waals surface area contributed by atoms with Crippen LogP contribution in [0.3, 0.4) is 0 Å². The second-order valence-corrected chi connectivity index (χ2v) is 6.15. The molecule has 21 heavy (non-hydrogen) atoms. The third-order valence-corrected chi connectivity index (χ3v) is 4.11. The quantitative estimate of drug-likeness (QED) is 0.705. The Hall–Kier alpha value is -2.00. The summed E-state index contributed by atoms with van der Waals surface area (Å²) in [5.41, 5.74) is 2.96. The van der Waals surface area contributed by atoms with E-state index in [4.69, 9.17) is 0 Å². The first-order valence-electron chi connectivity index (χ1n) is 6.76. The zero-order chi connectivity index (χ0) is 15.0. The highest BCUT2D eigenvalue weighted by Gasteiger charge is 2.14. The summed E-state index contributed by atoms with van der Waals surface area (Å²) in [5, 5.41) is 12.6. The van der Waals surface area contributed by atoms with Crippen molar-refractivity contribution in [3.8, 4) is 16.9 Å². The third kappa shape index (κ3) is 2.49. The van der Waals surface area contributed by atoms with Gasteiger partial charge in [0.15, 0.2) is 0 Å². The van der Waals surface area contributed by atoms with Gasteiger partial charge in [-0.3, -0.25) is 0 Å². The van der Waals surface area contributed by atoms with Gasteiger partial charge in [0, 0.05) is 35.4 Å². The molecule has 0 heterocycles. The number of phenolic OH excluding ortho intramolecular Hbond substituents is 1. The van der Waals surface area contributed by atoms with Crippen molar-refractivity contribution in [3.05, 3.63) is 59.1 Å². The number of aromatic hydroxyl groups is 1. The standard InChI is InChI=1S/C18H16BrNO/c1-20(2)16-9-8-13(19)11-15(16)18-14-6-4-3-5-12(14)7-10-17(18)21/h3-11,21H,1-2H3. The number of fused-ring (bicyclic) bond motifs is 1. The number of nitrogens with zero attached hydrogens (tertiary/aromatic N) is 1. The van der Waals surface area contributed by atoms with E-state index in [2.05, 4.69) is 39.0 Å². The van der Waals surface area contributed by atoms with E-state index in [1.165, 1.54) is 0 Å². The van der Waals surface area contributed by atoms with Gasteiger partial charge in [0.1, 0.15) is 5.75 Å². The monoisotopic (exact) mass is 341 g/mol. The van der Waals surface area contributed by atoms with Gasteiger partial charge >= 0.3 is 0 Å². The summed E-state index contributed by atoms with van der Waals surface area (Å²) in [4.78, 5) is 2.06. The average Bonchev–Trinajstić information content (AvgIpc) is 2.46. The molecule has 3 heteroatoms. The fourth-order valence-electron chi connectivity index (χ4n) is 2.64. The smallest absolute Gasteiger partial charge is 0.124 e. The molecule has 0 aromatic heterocycles. The summed E-state index contributed by atoms with van der Waals surface area (Å²) in [6, 6.07) is 17.9. The van der Waals surface area contributed by atoms with Crippen LogP contribution in [-0.4, -0.2) is 19.2 Å². The summed E-state index contributed by atoms with van der Waals surface area (Å²) in [7, 11) is 4.02. The minimum atomic E-state index is 0.301. The van der Waals surface area contributed by atoms with Gasteiger partial charge in [-0.05, 0) is 35.0 Å². The average molecular weight is 342 g/mol. The van der Waals surface area contributed by atoms with Crippen LogP contribution in [0.2, 0.25) is 0 Å². The highest BCUT2D eigenvalue weighted by molar-refractivity contribution is 9.10. The zero-order valence-electron chi connectivity index (χ0n) is 12.0. The van der Waals surface area contributed by atoms with Gasteiger partial charge in [0.05, 0.1) is 0 Å². The first kappa shape index (κ1) is 14.0. The fraction of sp³-hybridized carbons (Fsp3) is 0.111. The van der Waals surface area contributed by atoms with Gasteiger partial charge in [-0.2, -0.15) is 0 Å². The molecule has 0 bridgehead atoms. The van der Waals surface area contributed by atoms with Crippen LogP contribution in [0, 0.1) is 0 Å². The lowest BCUT2D eigenvalue weighted by Gasteiger charge is -2.20. The van der Waals surface area contributed by atoms with Crippen LogP contribution in [0.5, 0.6) is 5.75 Å². The Morgan fingerprint density at radius 3 is 2.48 bits per heavy atom. The zero-order valence-corrected chi connectivity index (χ0v) is 13.6. The number of hydrogen-bond acceptors (Lipinski definition) is 2. The number of phenols is 1. The number of anilines is 1. The predicted molar refractivity (Wildman–Crippen MR) is 93.1 cm³/mol. The van der Waals surface area contributed by atoms with Crippen LogP contribution in [-0.2, 0) is 0 Å². The maximum absolute atomic E-state index is 10.4. The van der Waals surface area contributed by atoms with Crippen molar-refractivity contribution in [1.82, 2.24) is 0 Å². The van der Waals surface area contributed by atoms with Crippen LogP contribution >= 0.6 is 15.9 Å². The van der Waals surface area contributed by atoms with E-state index < -0.39 is 0 Å². The molecule has 0 aliphatic carbocycles. The molecule has 0 spiro atoms. The van der Waals surface area contributed by atoms with Crippen molar-refractivity contribution in [2.24, 2.45) is 0 Å². The Morgan fingerprint density at radius 1 is 0.952 bits per heavy atom. The van der Waals surface area contributed by atoms with Crippen LogP contribution in [0.25, 0.3) is 21.9 Å². The van der Waals surface area contributed by atoms with Gasteiger partial charge < -0.3 is 10.0 Å². The molecule has 0 atom stereocenters. The van der Waals surface area contributed by atoms with Gasteiger partial charge in [-0.15, -0.1) is 0 Å². The number of hydrogen-bond donors (Lipinski definition) is 1. The van der Waals surface area contributed by atoms with Crippen molar-refractivity contribution >= 4 is 32.4 Å². The lowest BCUT2D eigenvalue weighted by Crippen LogP contribution is -2.10. The molecule has 3 aromatic carbocycles. The molecule has 2 nitrogen and oxygen atoms in total. The van der Waals surface area contributed by atoms with Crippen LogP contribution < -0.4 is 4.90 Å². The van der Waals surface area contributed by atoms with Gasteiger partial charge in [-0.1, -0.05) is 46.3 Å². The molecule has 0 saturated carbocycles. The van der Waals surface area contributed by atoms with Gasteiger partial charge in [0.25, 0.3) is 0 Å². The molecule has 3 rings (SSSR count). The van der Waals surface area contributed by atoms with E-state index >= 15 is 0 Å². The first-order valence-corrected chi connectivity index (χ1v) is 7.55. The van der Waals surface area contributed by atoms with E-state index in [1.807, 2.05) is 44.4 Å².